The van der Waals surface area contributed by atoms with Crippen LogP contribution in [0.2, 0.25) is 0 Å². The van der Waals surface area contributed by atoms with Crippen LogP contribution in [-0.4, -0.2) is 22.7 Å². The maximum atomic E-state index is 5.17. The van der Waals surface area contributed by atoms with Crippen molar-refractivity contribution in [1.82, 2.24) is 14.9 Å². The minimum Gasteiger partial charge on any atom is -0.497 e. The zero-order valence-corrected chi connectivity index (χ0v) is 11.2. The summed E-state index contributed by atoms with van der Waals surface area (Å²) in [5.74, 6) is 1.99. The largest absolute Gasteiger partial charge is 0.497 e. The Bertz CT molecular complexity index is 529. The number of ether oxygens (including phenoxy) is 1. The van der Waals surface area contributed by atoms with Crippen LogP contribution in [0.5, 0.6) is 5.75 Å². The molecule has 1 saturated carbocycles. The van der Waals surface area contributed by atoms with E-state index in [1.807, 2.05) is 24.5 Å². The van der Waals surface area contributed by atoms with Crippen molar-refractivity contribution in [3.05, 3.63) is 48.0 Å². The first kappa shape index (κ1) is 12.2. The van der Waals surface area contributed by atoms with E-state index in [1.165, 1.54) is 18.4 Å². The van der Waals surface area contributed by atoms with Crippen molar-refractivity contribution >= 4 is 0 Å². The van der Waals surface area contributed by atoms with E-state index in [4.69, 9.17) is 4.74 Å². The highest BCUT2D eigenvalue weighted by Crippen LogP contribution is 2.19. The molecule has 0 atom stereocenters. The van der Waals surface area contributed by atoms with E-state index < -0.39 is 0 Å². The van der Waals surface area contributed by atoms with E-state index in [9.17, 15) is 0 Å². The van der Waals surface area contributed by atoms with Crippen molar-refractivity contribution in [1.29, 1.82) is 0 Å². The van der Waals surface area contributed by atoms with Gasteiger partial charge in [0.2, 0.25) is 0 Å². The third kappa shape index (κ3) is 3.15. The Morgan fingerprint density at radius 3 is 2.79 bits per heavy atom. The molecule has 0 amide bonds. The third-order valence-electron chi connectivity index (χ3n) is 3.44. The Labute approximate surface area is 113 Å². The summed E-state index contributed by atoms with van der Waals surface area (Å²) in [6.45, 7) is 1.71. The highest BCUT2D eigenvalue weighted by molar-refractivity contribution is 5.27. The van der Waals surface area contributed by atoms with Crippen molar-refractivity contribution in [3.8, 4) is 5.75 Å². The van der Waals surface area contributed by atoms with Crippen molar-refractivity contribution in [2.24, 2.45) is 0 Å². The van der Waals surface area contributed by atoms with E-state index in [2.05, 4.69) is 27.0 Å². The Balaban J connectivity index is 1.65. The lowest BCUT2D eigenvalue weighted by Crippen LogP contribution is -2.19. The summed E-state index contributed by atoms with van der Waals surface area (Å²) in [7, 11) is 1.69. The Hall–Kier alpha value is -1.81. The van der Waals surface area contributed by atoms with Gasteiger partial charge in [0.05, 0.1) is 13.7 Å². The lowest BCUT2D eigenvalue weighted by Gasteiger charge is -2.09. The summed E-state index contributed by atoms with van der Waals surface area (Å²) in [6.07, 6.45) is 6.51. The van der Waals surface area contributed by atoms with Gasteiger partial charge in [-0.25, -0.2) is 4.98 Å². The fourth-order valence-corrected chi connectivity index (χ4v) is 2.10. The first-order valence-electron chi connectivity index (χ1n) is 6.71. The fraction of sp³-hybridized carbons (Fsp3) is 0.400. The van der Waals surface area contributed by atoms with Gasteiger partial charge in [-0.15, -0.1) is 0 Å². The molecule has 0 aliphatic heterocycles. The average Bonchev–Trinajstić information content (AvgIpc) is 3.18. The second kappa shape index (κ2) is 5.45. The molecule has 2 aromatic rings. The molecule has 4 nitrogen and oxygen atoms in total. The number of imidazole rings is 1. The molecule has 1 N–H and O–H groups in total. The van der Waals surface area contributed by atoms with Crippen molar-refractivity contribution in [2.75, 3.05) is 7.11 Å². The molecule has 0 radical (unpaired) electrons. The summed E-state index contributed by atoms with van der Waals surface area (Å²) in [5.41, 5.74) is 1.26. The molecule has 1 fully saturated rings. The van der Waals surface area contributed by atoms with Gasteiger partial charge in [-0.1, -0.05) is 12.1 Å². The van der Waals surface area contributed by atoms with Crippen molar-refractivity contribution < 1.29 is 4.74 Å². The zero-order valence-electron chi connectivity index (χ0n) is 11.2. The lowest BCUT2D eigenvalue weighted by atomic mass is 10.2. The number of nitrogens with zero attached hydrogens (tertiary/aromatic N) is 2. The van der Waals surface area contributed by atoms with Gasteiger partial charge in [-0.2, -0.15) is 0 Å². The van der Waals surface area contributed by atoms with E-state index in [0.29, 0.717) is 6.04 Å². The number of rotatable bonds is 6. The third-order valence-corrected chi connectivity index (χ3v) is 3.44. The van der Waals surface area contributed by atoms with Crippen LogP contribution in [-0.2, 0) is 13.1 Å². The van der Waals surface area contributed by atoms with Crippen LogP contribution in [0.3, 0.4) is 0 Å². The highest BCUT2D eigenvalue weighted by Gasteiger charge is 2.20. The van der Waals surface area contributed by atoms with Crippen LogP contribution in [0.1, 0.15) is 24.2 Å². The summed E-state index contributed by atoms with van der Waals surface area (Å²) in [4.78, 5) is 4.42. The van der Waals surface area contributed by atoms with Gasteiger partial charge < -0.3 is 14.6 Å². The van der Waals surface area contributed by atoms with Gasteiger partial charge in [0.15, 0.2) is 0 Å². The molecule has 100 valence electrons. The molecule has 1 heterocycles. The van der Waals surface area contributed by atoms with Crippen LogP contribution < -0.4 is 10.1 Å². The quantitative estimate of drug-likeness (QED) is 0.862. The number of hydrogen-bond acceptors (Lipinski definition) is 3. The second-order valence-corrected chi connectivity index (χ2v) is 4.97. The van der Waals surface area contributed by atoms with Crippen molar-refractivity contribution in [2.45, 2.75) is 32.0 Å². The maximum absolute atomic E-state index is 5.17. The molecule has 1 aromatic heterocycles. The molecule has 0 saturated heterocycles. The van der Waals surface area contributed by atoms with Gasteiger partial charge in [0, 0.05) is 25.0 Å². The lowest BCUT2D eigenvalue weighted by molar-refractivity contribution is 0.414. The zero-order chi connectivity index (χ0) is 13.1. The topological polar surface area (TPSA) is 39.1 Å². The molecular weight excluding hydrogens is 238 g/mol. The number of nitrogens with one attached hydrogen (secondary N) is 1. The molecule has 4 heteroatoms. The molecule has 1 aromatic carbocycles. The summed E-state index contributed by atoms with van der Waals surface area (Å²) >= 11 is 0. The maximum Gasteiger partial charge on any atom is 0.122 e. The van der Waals surface area contributed by atoms with Gasteiger partial charge in [-0.05, 0) is 30.5 Å². The minimum atomic E-state index is 0.714. The standard InChI is InChI=1S/C15H19N3O/c1-19-14-6-2-12(3-7-14)11-18-9-8-16-15(18)10-17-13-4-5-13/h2-3,6-9,13,17H,4-5,10-11H2,1H3. The summed E-state index contributed by atoms with van der Waals surface area (Å²) < 4.78 is 7.36. The molecule has 1 aliphatic rings. The molecule has 1 aliphatic carbocycles. The minimum absolute atomic E-state index is 0.714. The molecule has 3 rings (SSSR count). The van der Waals surface area contributed by atoms with Gasteiger partial charge >= 0.3 is 0 Å². The summed E-state index contributed by atoms with van der Waals surface area (Å²) in [6, 6.07) is 8.89. The molecular formula is C15H19N3O. The number of aromatic nitrogens is 2. The SMILES string of the molecule is COc1ccc(Cn2ccnc2CNC2CC2)cc1. The highest BCUT2D eigenvalue weighted by atomic mass is 16.5. The van der Waals surface area contributed by atoms with E-state index in [1.54, 1.807) is 7.11 Å². The number of hydrogen-bond donors (Lipinski definition) is 1. The van der Waals surface area contributed by atoms with E-state index >= 15 is 0 Å². The van der Waals surface area contributed by atoms with Gasteiger partial charge in [0.1, 0.15) is 11.6 Å². The van der Waals surface area contributed by atoms with Crippen LogP contribution in [0, 0.1) is 0 Å². The Morgan fingerprint density at radius 1 is 1.32 bits per heavy atom. The Morgan fingerprint density at radius 2 is 2.11 bits per heavy atom. The van der Waals surface area contributed by atoms with Gasteiger partial charge in [-0.3, -0.25) is 0 Å². The Kier molecular flexibility index (Phi) is 3.51. The van der Waals surface area contributed by atoms with E-state index in [-0.39, 0.29) is 0 Å². The normalized spacial score (nSPS) is 14.6. The fourth-order valence-electron chi connectivity index (χ4n) is 2.10. The van der Waals surface area contributed by atoms with Crippen LogP contribution in [0.4, 0.5) is 0 Å². The smallest absolute Gasteiger partial charge is 0.122 e. The van der Waals surface area contributed by atoms with Gasteiger partial charge in [0.25, 0.3) is 0 Å². The first-order valence-corrected chi connectivity index (χ1v) is 6.71. The average molecular weight is 257 g/mol. The molecule has 0 unspecified atom stereocenters. The predicted octanol–water partition coefficient (Wildman–Crippen LogP) is 2.19. The van der Waals surface area contributed by atoms with Crippen LogP contribution in [0.15, 0.2) is 36.7 Å². The monoisotopic (exact) mass is 257 g/mol. The van der Waals surface area contributed by atoms with Crippen LogP contribution >= 0.6 is 0 Å². The predicted molar refractivity (Wildman–Crippen MR) is 74.2 cm³/mol. The molecule has 0 bridgehead atoms. The van der Waals surface area contributed by atoms with E-state index in [0.717, 1.165) is 24.7 Å². The second-order valence-electron chi connectivity index (χ2n) is 4.97. The number of methoxy groups -OCH3 is 1. The first-order chi connectivity index (χ1) is 9.35. The molecule has 19 heavy (non-hydrogen) atoms. The van der Waals surface area contributed by atoms with Crippen molar-refractivity contribution in [3.63, 3.8) is 0 Å². The molecule has 0 spiro atoms. The number of benzene rings is 1. The summed E-state index contributed by atoms with van der Waals surface area (Å²) in [5, 5.41) is 3.50. The van der Waals surface area contributed by atoms with Crippen LogP contribution in [0.25, 0.3) is 0 Å².